The van der Waals surface area contributed by atoms with E-state index in [0.29, 0.717) is 6.04 Å². The predicted octanol–water partition coefficient (Wildman–Crippen LogP) is 2.98. The molecule has 1 aliphatic heterocycles. The van der Waals surface area contributed by atoms with Crippen LogP contribution in [0.1, 0.15) is 31.4 Å². The molecule has 1 unspecified atom stereocenters. The maximum absolute atomic E-state index is 4.49. The Hall–Kier alpha value is -1.45. The Morgan fingerprint density at radius 3 is 3.00 bits per heavy atom. The first-order valence-corrected chi connectivity index (χ1v) is 7.68. The van der Waals surface area contributed by atoms with E-state index >= 15 is 0 Å². The van der Waals surface area contributed by atoms with Gasteiger partial charge in [0.15, 0.2) is 0 Å². The summed E-state index contributed by atoms with van der Waals surface area (Å²) in [4.78, 5) is 7.12. The van der Waals surface area contributed by atoms with Crippen molar-refractivity contribution in [3.05, 3.63) is 42.1 Å². The monoisotopic (exact) mass is 269 g/mol. The number of aromatic nitrogens is 1. The van der Waals surface area contributed by atoms with Gasteiger partial charge in [0, 0.05) is 37.3 Å². The van der Waals surface area contributed by atoms with Crippen LogP contribution in [-0.2, 0) is 0 Å². The second-order valence-corrected chi connectivity index (χ2v) is 5.48. The molecule has 106 valence electrons. The van der Waals surface area contributed by atoms with E-state index < -0.39 is 0 Å². The summed E-state index contributed by atoms with van der Waals surface area (Å²) >= 11 is 0. The van der Waals surface area contributed by atoms with Gasteiger partial charge in [-0.05, 0) is 37.1 Å². The molecule has 0 bridgehead atoms. The average Bonchev–Trinajstić information content (AvgIpc) is 2.78. The third kappa shape index (κ3) is 2.69. The van der Waals surface area contributed by atoms with Crippen molar-refractivity contribution in [2.24, 2.45) is 0 Å². The molecule has 1 aliphatic rings. The van der Waals surface area contributed by atoms with E-state index in [9.17, 15) is 0 Å². The quantitative estimate of drug-likeness (QED) is 0.928. The van der Waals surface area contributed by atoms with E-state index in [1.165, 1.54) is 23.9 Å². The van der Waals surface area contributed by atoms with Crippen LogP contribution in [0.15, 0.2) is 36.5 Å². The minimum absolute atomic E-state index is 0.503. The zero-order valence-corrected chi connectivity index (χ0v) is 12.2. The number of pyridine rings is 1. The molecule has 1 saturated heterocycles. The molecule has 20 heavy (non-hydrogen) atoms. The number of nitrogens with zero attached hydrogens (tertiary/aromatic N) is 2. The van der Waals surface area contributed by atoms with Gasteiger partial charge in [-0.15, -0.1) is 0 Å². The van der Waals surface area contributed by atoms with Crippen molar-refractivity contribution < 1.29 is 0 Å². The summed E-state index contributed by atoms with van der Waals surface area (Å²) in [5, 5.41) is 4.80. The zero-order chi connectivity index (χ0) is 13.8. The Morgan fingerprint density at radius 1 is 1.20 bits per heavy atom. The number of nitrogens with one attached hydrogen (secondary N) is 1. The molecule has 2 aromatic rings. The highest BCUT2D eigenvalue weighted by atomic mass is 15.2. The molecule has 1 fully saturated rings. The Morgan fingerprint density at radius 2 is 2.10 bits per heavy atom. The van der Waals surface area contributed by atoms with E-state index in [4.69, 9.17) is 0 Å². The molecule has 2 heterocycles. The van der Waals surface area contributed by atoms with E-state index in [2.05, 4.69) is 52.5 Å². The van der Waals surface area contributed by atoms with Crippen molar-refractivity contribution >= 4 is 10.9 Å². The summed E-state index contributed by atoms with van der Waals surface area (Å²) < 4.78 is 0. The summed E-state index contributed by atoms with van der Waals surface area (Å²) in [6.07, 6.45) is 4.34. The van der Waals surface area contributed by atoms with Gasteiger partial charge in [-0.25, -0.2) is 0 Å². The standard InChI is InChI=1S/C17H23N3/c1-2-17(20-12-5-9-18-11-13-20)15-8-10-19-16-7-4-3-6-14(15)16/h3-4,6-8,10,17-18H,2,5,9,11-13H2,1H3. The number of para-hydroxylation sites is 1. The number of rotatable bonds is 3. The van der Waals surface area contributed by atoms with E-state index in [1.54, 1.807) is 0 Å². The van der Waals surface area contributed by atoms with Crippen LogP contribution in [-0.4, -0.2) is 36.1 Å². The minimum atomic E-state index is 0.503. The van der Waals surface area contributed by atoms with E-state index in [0.717, 1.165) is 31.6 Å². The fourth-order valence-electron chi connectivity index (χ4n) is 3.26. The van der Waals surface area contributed by atoms with Crippen LogP contribution in [0.4, 0.5) is 0 Å². The maximum Gasteiger partial charge on any atom is 0.0705 e. The van der Waals surface area contributed by atoms with Gasteiger partial charge in [0.2, 0.25) is 0 Å². The lowest BCUT2D eigenvalue weighted by Gasteiger charge is -2.30. The van der Waals surface area contributed by atoms with Crippen molar-refractivity contribution in [2.75, 3.05) is 26.2 Å². The fourth-order valence-corrected chi connectivity index (χ4v) is 3.26. The Bertz CT molecular complexity index is 554. The van der Waals surface area contributed by atoms with Crippen LogP contribution in [0.5, 0.6) is 0 Å². The first kappa shape index (κ1) is 13.5. The molecule has 1 aromatic carbocycles. The van der Waals surface area contributed by atoms with Crippen molar-refractivity contribution in [1.82, 2.24) is 15.2 Å². The van der Waals surface area contributed by atoms with Crippen molar-refractivity contribution in [3.8, 4) is 0 Å². The number of benzene rings is 1. The molecular weight excluding hydrogens is 246 g/mol. The highest BCUT2D eigenvalue weighted by molar-refractivity contribution is 5.82. The topological polar surface area (TPSA) is 28.2 Å². The maximum atomic E-state index is 4.49. The molecule has 0 amide bonds. The summed E-state index contributed by atoms with van der Waals surface area (Å²) in [6.45, 7) is 6.85. The molecule has 0 aliphatic carbocycles. The smallest absolute Gasteiger partial charge is 0.0705 e. The van der Waals surface area contributed by atoms with Gasteiger partial charge in [0.05, 0.1) is 5.52 Å². The van der Waals surface area contributed by atoms with Crippen LogP contribution in [0.25, 0.3) is 10.9 Å². The third-order valence-electron chi connectivity index (χ3n) is 4.24. The summed E-state index contributed by atoms with van der Waals surface area (Å²) in [7, 11) is 0. The Labute approximate surface area is 121 Å². The highest BCUT2D eigenvalue weighted by Crippen LogP contribution is 2.29. The number of hydrogen-bond donors (Lipinski definition) is 1. The van der Waals surface area contributed by atoms with Gasteiger partial charge in [-0.3, -0.25) is 9.88 Å². The van der Waals surface area contributed by atoms with Gasteiger partial charge in [0.1, 0.15) is 0 Å². The summed E-state index contributed by atoms with van der Waals surface area (Å²) in [5.41, 5.74) is 2.54. The van der Waals surface area contributed by atoms with Crippen molar-refractivity contribution in [2.45, 2.75) is 25.8 Å². The van der Waals surface area contributed by atoms with Crippen LogP contribution in [0.3, 0.4) is 0 Å². The Kier molecular flexibility index (Phi) is 4.28. The first-order chi connectivity index (χ1) is 9.90. The average molecular weight is 269 g/mol. The largest absolute Gasteiger partial charge is 0.315 e. The second kappa shape index (κ2) is 6.33. The van der Waals surface area contributed by atoms with E-state index in [-0.39, 0.29) is 0 Å². The van der Waals surface area contributed by atoms with Crippen LogP contribution >= 0.6 is 0 Å². The SMILES string of the molecule is CCC(c1ccnc2ccccc12)N1CCCNCC1. The highest BCUT2D eigenvalue weighted by Gasteiger charge is 2.21. The molecule has 1 atom stereocenters. The lowest BCUT2D eigenvalue weighted by Crippen LogP contribution is -2.32. The molecule has 0 saturated carbocycles. The molecule has 1 aromatic heterocycles. The van der Waals surface area contributed by atoms with Gasteiger partial charge in [0.25, 0.3) is 0 Å². The molecular formula is C17H23N3. The second-order valence-electron chi connectivity index (χ2n) is 5.48. The van der Waals surface area contributed by atoms with Crippen molar-refractivity contribution in [1.29, 1.82) is 0 Å². The number of hydrogen-bond acceptors (Lipinski definition) is 3. The van der Waals surface area contributed by atoms with Gasteiger partial charge in [-0.2, -0.15) is 0 Å². The minimum Gasteiger partial charge on any atom is -0.315 e. The Balaban J connectivity index is 1.98. The third-order valence-corrected chi connectivity index (χ3v) is 4.24. The van der Waals surface area contributed by atoms with E-state index in [1.807, 2.05) is 6.20 Å². The molecule has 3 heteroatoms. The lowest BCUT2D eigenvalue weighted by atomic mass is 9.98. The normalized spacial score (nSPS) is 18.9. The lowest BCUT2D eigenvalue weighted by molar-refractivity contribution is 0.206. The van der Waals surface area contributed by atoms with Crippen LogP contribution < -0.4 is 5.32 Å². The van der Waals surface area contributed by atoms with Crippen LogP contribution in [0, 0.1) is 0 Å². The molecule has 3 nitrogen and oxygen atoms in total. The molecule has 0 spiro atoms. The first-order valence-electron chi connectivity index (χ1n) is 7.68. The fraction of sp³-hybridized carbons (Fsp3) is 0.471. The molecule has 1 N–H and O–H groups in total. The summed E-state index contributed by atoms with van der Waals surface area (Å²) in [5.74, 6) is 0. The molecule has 0 radical (unpaired) electrons. The molecule has 3 rings (SSSR count). The zero-order valence-electron chi connectivity index (χ0n) is 12.2. The van der Waals surface area contributed by atoms with Gasteiger partial charge < -0.3 is 5.32 Å². The van der Waals surface area contributed by atoms with Gasteiger partial charge >= 0.3 is 0 Å². The predicted molar refractivity (Wildman–Crippen MR) is 83.8 cm³/mol. The van der Waals surface area contributed by atoms with Gasteiger partial charge in [-0.1, -0.05) is 25.1 Å². The van der Waals surface area contributed by atoms with Crippen molar-refractivity contribution in [3.63, 3.8) is 0 Å². The summed E-state index contributed by atoms with van der Waals surface area (Å²) in [6, 6.07) is 11.2. The number of fused-ring (bicyclic) bond motifs is 1. The van der Waals surface area contributed by atoms with Crippen LogP contribution in [0.2, 0.25) is 0 Å².